The number of hydrogen-bond acceptors (Lipinski definition) is 4. The standard InChI is InChI=1S/C17H23N3OS/c1-3-22(21)14-6-4-5-13(10-14)20-17-15-9-12(2)7-8-16(15)18-11-19-17/h7-9,11,13-14H,3-6,10H2,1-2H3,(H,18,19,20). The van der Waals surface area contributed by atoms with Crippen LogP contribution in [-0.2, 0) is 10.8 Å². The van der Waals surface area contributed by atoms with Crippen molar-refractivity contribution in [2.75, 3.05) is 11.1 Å². The van der Waals surface area contributed by atoms with Gasteiger partial charge in [-0.2, -0.15) is 0 Å². The van der Waals surface area contributed by atoms with Crippen molar-refractivity contribution in [2.24, 2.45) is 0 Å². The summed E-state index contributed by atoms with van der Waals surface area (Å²) >= 11 is 0. The highest BCUT2D eigenvalue weighted by Gasteiger charge is 2.26. The Kier molecular flexibility index (Phi) is 4.71. The van der Waals surface area contributed by atoms with Crippen molar-refractivity contribution in [3.8, 4) is 0 Å². The Labute approximate surface area is 134 Å². The van der Waals surface area contributed by atoms with Gasteiger partial charge in [0.25, 0.3) is 0 Å². The number of aromatic nitrogens is 2. The Morgan fingerprint density at radius 3 is 3.00 bits per heavy atom. The van der Waals surface area contributed by atoms with Gasteiger partial charge in [0.2, 0.25) is 0 Å². The van der Waals surface area contributed by atoms with Crippen molar-refractivity contribution >= 4 is 27.5 Å². The van der Waals surface area contributed by atoms with Gasteiger partial charge in [-0.1, -0.05) is 25.0 Å². The molecule has 3 rings (SSSR count). The highest BCUT2D eigenvalue weighted by molar-refractivity contribution is 7.85. The van der Waals surface area contributed by atoms with Gasteiger partial charge in [-0.25, -0.2) is 9.97 Å². The van der Waals surface area contributed by atoms with Gasteiger partial charge in [-0.05, 0) is 38.3 Å². The zero-order chi connectivity index (χ0) is 15.5. The van der Waals surface area contributed by atoms with E-state index in [4.69, 9.17) is 0 Å². The summed E-state index contributed by atoms with van der Waals surface area (Å²) in [6.45, 7) is 4.09. The van der Waals surface area contributed by atoms with Crippen LogP contribution in [-0.4, -0.2) is 31.2 Å². The second-order valence-electron chi connectivity index (χ2n) is 6.04. The molecular weight excluding hydrogens is 294 g/mol. The predicted octanol–water partition coefficient (Wildman–Crippen LogP) is 3.43. The molecule has 1 fully saturated rings. The highest BCUT2D eigenvalue weighted by atomic mass is 32.2. The summed E-state index contributed by atoms with van der Waals surface area (Å²) in [6.07, 6.45) is 5.93. The van der Waals surface area contributed by atoms with E-state index in [0.29, 0.717) is 11.3 Å². The Balaban J connectivity index is 1.81. The molecule has 1 aliphatic rings. The largest absolute Gasteiger partial charge is 0.367 e. The average molecular weight is 317 g/mol. The van der Waals surface area contributed by atoms with Crippen LogP contribution in [0.5, 0.6) is 0 Å². The fourth-order valence-electron chi connectivity index (χ4n) is 3.23. The Morgan fingerprint density at radius 2 is 2.18 bits per heavy atom. The second kappa shape index (κ2) is 6.73. The number of benzene rings is 1. The van der Waals surface area contributed by atoms with Crippen molar-refractivity contribution < 1.29 is 4.21 Å². The normalized spacial score (nSPS) is 23.4. The third-order valence-corrected chi connectivity index (χ3v) is 6.15. The molecule has 1 aromatic heterocycles. The van der Waals surface area contributed by atoms with Gasteiger partial charge in [-0.15, -0.1) is 0 Å². The van der Waals surface area contributed by atoms with Crippen LogP contribution in [0.4, 0.5) is 5.82 Å². The Morgan fingerprint density at radius 1 is 1.32 bits per heavy atom. The van der Waals surface area contributed by atoms with Crippen LogP contribution in [0, 0.1) is 6.92 Å². The predicted molar refractivity (Wildman–Crippen MR) is 92.6 cm³/mol. The number of fused-ring (bicyclic) bond motifs is 1. The minimum absolute atomic E-state index is 0.325. The van der Waals surface area contributed by atoms with Crippen molar-refractivity contribution in [2.45, 2.75) is 50.8 Å². The molecule has 0 radical (unpaired) electrons. The number of aryl methyl sites for hydroxylation is 1. The van der Waals surface area contributed by atoms with Gasteiger partial charge in [0.1, 0.15) is 12.1 Å². The lowest BCUT2D eigenvalue weighted by atomic mass is 9.95. The molecule has 1 N–H and O–H groups in total. The molecule has 0 spiro atoms. The van der Waals surface area contributed by atoms with Crippen LogP contribution in [0.15, 0.2) is 24.5 Å². The maximum Gasteiger partial charge on any atom is 0.137 e. The first kappa shape index (κ1) is 15.4. The summed E-state index contributed by atoms with van der Waals surface area (Å²) in [7, 11) is -0.696. The molecule has 0 saturated heterocycles. The fourth-order valence-corrected chi connectivity index (χ4v) is 4.58. The number of anilines is 1. The summed E-state index contributed by atoms with van der Waals surface area (Å²) < 4.78 is 12.1. The van der Waals surface area contributed by atoms with E-state index in [1.54, 1.807) is 6.33 Å². The number of rotatable bonds is 4. The molecule has 1 aliphatic carbocycles. The van der Waals surface area contributed by atoms with Crippen LogP contribution < -0.4 is 5.32 Å². The lowest BCUT2D eigenvalue weighted by molar-refractivity contribution is 0.464. The zero-order valence-corrected chi connectivity index (χ0v) is 14.0. The van der Waals surface area contributed by atoms with E-state index in [-0.39, 0.29) is 0 Å². The van der Waals surface area contributed by atoms with Crippen LogP contribution in [0.25, 0.3) is 10.9 Å². The molecule has 3 unspecified atom stereocenters. The molecule has 3 atom stereocenters. The lowest BCUT2D eigenvalue weighted by Gasteiger charge is -2.29. The minimum Gasteiger partial charge on any atom is -0.367 e. The molecule has 1 heterocycles. The first-order chi connectivity index (χ1) is 10.7. The smallest absolute Gasteiger partial charge is 0.137 e. The molecule has 1 saturated carbocycles. The number of nitrogens with one attached hydrogen (secondary N) is 1. The third kappa shape index (κ3) is 3.29. The summed E-state index contributed by atoms with van der Waals surface area (Å²) in [4.78, 5) is 8.77. The monoisotopic (exact) mass is 317 g/mol. The lowest BCUT2D eigenvalue weighted by Crippen LogP contribution is -2.33. The molecule has 2 aromatic rings. The van der Waals surface area contributed by atoms with E-state index in [0.717, 1.165) is 48.2 Å². The summed E-state index contributed by atoms with van der Waals surface area (Å²) in [5.74, 6) is 1.66. The van der Waals surface area contributed by atoms with E-state index in [1.165, 1.54) is 5.56 Å². The molecule has 22 heavy (non-hydrogen) atoms. The SMILES string of the molecule is CCS(=O)C1CCCC(Nc2ncnc3ccc(C)cc23)C1. The van der Waals surface area contributed by atoms with Gasteiger partial charge in [0, 0.05) is 33.2 Å². The molecule has 1 aromatic carbocycles. The Bertz CT molecular complexity index is 689. The molecule has 0 amide bonds. The van der Waals surface area contributed by atoms with Crippen LogP contribution in [0.2, 0.25) is 0 Å². The maximum atomic E-state index is 12.1. The van der Waals surface area contributed by atoms with E-state index in [2.05, 4.69) is 34.3 Å². The summed E-state index contributed by atoms with van der Waals surface area (Å²) in [5.41, 5.74) is 2.17. The van der Waals surface area contributed by atoms with Crippen molar-refractivity contribution in [1.29, 1.82) is 0 Å². The van der Waals surface area contributed by atoms with Crippen molar-refractivity contribution in [3.05, 3.63) is 30.1 Å². The van der Waals surface area contributed by atoms with E-state index in [1.807, 2.05) is 13.0 Å². The van der Waals surface area contributed by atoms with Crippen molar-refractivity contribution in [1.82, 2.24) is 9.97 Å². The van der Waals surface area contributed by atoms with Gasteiger partial charge in [0.05, 0.1) is 5.52 Å². The van der Waals surface area contributed by atoms with Gasteiger partial charge in [0.15, 0.2) is 0 Å². The van der Waals surface area contributed by atoms with Crippen LogP contribution >= 0.6 is 0 Å². The van der Waals surface area contributed by atoms with Gasteiger partial charge >= 0.3 is 0 Å². The molecule has 5 heteroatoms. The molecule has 0 aliphatic heterocycles. The zero-order valence-electron chi connectivity index (χ0n) is 13.2. The Hall–Kier alpha value is -1.49. The fraction of sp³-hybridized carbons (Fsp3) is 0.529. The highest BCUT2D eigenvalue weighted by Crippen LogP contribution is 2.27. The van der Waals surface area contributed by atoms with Crippen LogP contribution in [0.1, 0.15) is 38.2 Å². The van der Waals surface area contributed by atoms with E-state index >= 15 is 0 Å². The quantitative estimate of drug-likeness (QED) is 0.938. The van der Waals surface area contributed by atoms with E-state index < -0.39 is 10.8 Å². The minimum atomic E-state index is -0.696. The van der Waals surface area contributed by atoms with Gasteiger partial charge in [-0.3, -0.25) is 4.21 Å². The molecule has 0 bridgehead atoms. The summed E-state index contributed by atoms with van der Waals surface area (Å²) in [6, 6.07) is 6.59. The van der Waals surface area contributed by atoms with Crippen molar-refractivity contribution in [3.63, 3.8) is 0 Å². The second-order valence-corrected chi connectivity index (χ2v) is 8.05. The van der Waals surface area contributed by atoms with Gasteiger partial charge < -0.3 is 5.32 Å². The summed E-state index contributed by atoms with van der Waals surface area (Å²) in [5, 5.41) is 4.97. The molecule has 118 valence electrons. The maximum absolute atomic E-state index is 12.1. The molecular formula is C17H23N3OS. The number of nitrogens with zero attached hydrogens (tertiary/aromatic N) is 2. The van der Waals surface area contributed by atoms with Crippen LogP contribution in [0.3, 0.4) is 0 Å². The first-order valence-corrected chi connectivity index (χ1v) is 9.40. The first-order valence-electron chi connectivity index (χ1n) is 8.02. The number of hydrogen-bond donors (Lipinski definition) is 1. The third-order valence-electron chi connectivity index (χ3n) is 4.41. The topological polar surface area (TPSA) is 54.9 Å². The van der Waals surface area contributed by atoms with E-state index in [9.17, 15) is 4.21 Å². The average Bonchev–Trinajstić information content (AvgIpc) is 2.55. The molecule has 4 nitrogen and oxygen atoms in total.